The molecule has 1 aromatic carbocycles. The Morgan fingerprint density at radius 2 is 2.05 bits per heavy atom. The van der Waals surface area contributed by atoms with E-state index in [-0.39, 0.29) is 5.91 Å². The molecule has 0 bridgehead atoms. The Morgan fingerprint density at radius 3 is 2.86 bits per heavy atom. The van der Waals surface area contributed by atoms with Gasteiger partial charge in [-0.3, -0.25) is 4.79 Å². The van der Waals surface area contributed by atoms with Gasteiger partial charge in [0.05, 0.1) is 5.56 Å². The van der Waals surface area contributed by atoms with E-state index in [1.165, 1.54) is 17.5 Å². The number of hydrazine groups is 1. The van der Waals surface area contributed by atoms with Crippen LogP contribution in [0.3, 0.4) is 0 Å². The first kappa shape index (κ1) is 14.0. The predicted octanol–water partition coefficient (Wildman–Crippen LogP) is 2.87. The number of nitrogen functional groups attached to an aromatic ring is 1. The van der Waals surface area contributed by atoms with Crippen LogP contribution in [-0.2, 0) is 12.8 Å². The van der Waals surface area contributed by atoms with E-state index < -0.39 is 0 Å². The number of pyridine rings is 1. The number of nitrogens with zero attached hydrogens (tertiary/aromatic N) is 1. The summed E-state index contributed by atoms with van der Waals surface area (Å²) in [6.07, 6.45) is 4.97. The molecule has 5 nitrogen and oxygen atoms in total. The molecule has 2 aromatic rings. The van der Waals surface area contributed by atoms with Crippen LogP contribution in [0, 0.1) is 0 Å². The normalized spacial score (nSPS) is 12.9. The minimum Gasteiger partial charge on any atom is -0.322 e. The summed E-state index contributed by atoms with van der Waals surface area (Å²) in [5.41, 5.74) is 6.32. The highest BCUT2D eigenvalue weighted by Crippen LogP contribution is 2.26. The van der Waals surface area contributed by atoms with E-state index in [1.54, 1.807) is 12.3 Å². The molecule has 1 aliphatic rings. The molecule has 3 rings (SSSR count). The van der Waals surface area contributed by atoms with Gasteiger partial charge in [-0.25, -0.2) is 10.8 Å². The summed E-state index contributed by atoms with van der Waals surface area (Å²) in [5, 5.41) is 2.89. The van der Waals surface area contributed by atoms with E-state index in [4.69, 9.17) is 5.84 Å². The van der Waals surface area contributed by atoms with Crippen molar-refractivity contribution in [1.82, 2.24) is 4.98 Å². The first-order valence-electron chi connectivity index (χ1n) is 6.72. The second kappa shape index (κ2) is 5.83. The van der Waals surface area contributed by atoms with Gasteiger partial charge in [0.2, 0.25) is 0 Å². The Labute approximate surface area is 131 Å². The van der Waals surface area contributed by atoms with E-state index >= 15 is 0 Å². The summed E-state index contributed by atoms with van der Waals surface area (Å²) in [7, 11) is 0. The molecule has 0 aliphatic heterocycles. The Morgan fingerprint density at radius 1 is 1.24 bits per heavy atom. The van der Waals surface area contributed by atoms with Crippen molar-refractivity contribution in [2.45, 2.75) is 19.3 Å². The molecule has 0 saturated carbocycles. The van der Waals surface area contributed by atoms with E-state index in [9.17, 15) is 4.79 Å². The number of anilines is 2. The van der Waals surface area contributed by atoms with Gasteiger partial charge >= 0.3 is 0 Å². The molecule has 0 unspecified atom stereocenters. The zero-order chi connectivity index (χ0) is 14.8. The average molecular weight is 347 g/mol. The van der Waals surface area contributed by atoms with Crippen molar-refractivity contribution >= 4 is 33.3 Å². The molecule has 1 heterocycles. The van der Waals surface area contributed by atoms with Gasteiger partial charge in [0.25, 0.3) is 5.91 Å². The van der Waals surface area contributed by atoms with Crippen LogP contribution in [0.4, 0.5) is 11.5 Å². The van der Waals surface area contributed by atoms with Crippen LogP contribution in [0.25, 0.3) is 0 Å². The quantitative estimate of drug-likeness (QED) is 0.589. The Balaban J connectivity index is 1.85. The lowest BCUT2D eigenvalue weighted by molar-refractivity contribution is 0.102. The number of fused-ring (bicyclic) bond motifs is 1. The molecule has 108 valence electrons. The number of aromatic nitrogens is 1. The van der Waals surface area contributed by atoms with Crippen molar-refractivity contribution in [3.63, 3.8) is 0 Å². The van der Waals surface area contributed by atoms with Gasteiger partial charge in [0.1, 0.15) is 0 Å². The van der Waals surface area contributed by atoms with Crippen LogP contribution in [0.2, 0.25) is 0 Å². The summed E-state index contributed by atoms with van der Waals surface area (Å²) >= 11 is 3.31. The van der Waals surface area contributed by atoms with Crippen molar-refractivity contribution in [1.29, 1.82) is 0 Å². The number of carbonyl (C=O) groups is 1. The summed E-state index contributed by atoms with van der Waals surface area (Å²) in [6, 6.07) is 7.74. The molecule has 0 radical (unpaired) electrons. The Kier molecular flexibility index (Phi) is 3.90. The highest BCUT2D eigenvalue weighted by atomic mass is 79.9. The third kappa shape index (κ3) is 2.91. The van der Waals surface area contributed by atoms with Crippen LogP contribution in [0.15, 0.2) is 34.9 Å². The zero-order valence-corrected chi connectivity index (χ0v) is 12.9. The highest BCUT2D eigenvalue weighted by Gasteiger charge is 2.15. The maximum atomic E-state index is 12.4. The predicted molar refractivity (Wildman–Crippen MR) is 86.2 cm³/mol. The van der Waals surface area contributed by atoms with Gasteiger partial charge in [-0.05, 0) is 64.5 Å². The molecule has 1 amide bonds. The van der Waals surface area contributed by atoms with Crippen LogP contribution in [0.5, 0.6) is 0 Å². The largest absolute Gasteiger partial charge is 0.322 e. The topological polar surface area (TPSA) is 80.0 Å². The molecule has 4 N–H and O–H groups in total. The summed E-state index contributed by atoms with van der Waals surface area (Å²) in [5.74, 6) is 5.50. The van der Waals surface area contributed by atoms with E-state index in [2.05, 4.69) is 37.7 Å². The first-order chi connectivity index (χ1) is 10.2. The van der Waals surface area contributed by atoms with Crippen molar-refractivity contribution in [3.8, 4) is 0 Å². The molecular formula is C15H15BrN4O. The molecule has 6 heteroatoms. The van der Waals surface area contributed by atoms with Crippen LogP contribution < -0.4 is 16.6 Å². The number of nitrogens with two attached hydrogens (primary N) is 1. The fraction of sp³-hybridized carbons (Fsp3) is 0.200. The minimum absolute atomic E-state index is 0.241. The molecule has 21 heavy (non-hydrogen) atoms. The Bertz CT molecular complexity index is 702. The summed E-state index contributed by atoms with van der Waals surface area (Å²) in [6.45, 7) is 0. The first-order valence-corrected chi connectivity index (χ1v) is 7.52. The van der Waals surface area contributed by atoms with Gasteiger partial charge in [0.15, 0.2) is 5.82 Å². The lowest BCUT2D eigenvalue weighted by atomic mass is 10.1. The molecule has 0 saturated heterocycles. The average Bonchev–Trinajstić information content (AvgIpc) is 2.94. The number of hydrogen-bond acceptors (Lipinski definition) is 4. The molecule has 1 aliphatic carbocycles. The maximum absolute atomic E-state index is 12.4. The molecular weight excluding hydrogens is 332 g/mol. The van der Waals surface area contributed by atoms with Gasteiger partial charge in [-0.15, -0.1) is 0 Å². The number of aryl methyl sites for hydroxylation is 2. The maximum Gasteiger partial charge on any atom is 0.259 e. The number of hydrogen-bond donors (Lipinski definition) is 3. The lowest BCUT2D eigenvalue weighted by Crippen LogP contribution is -2.18. The van der Waals surface area contributed by atoms with E-state index in [1.807, 2.05) is 12.1 Å². The molecule has 0 spiro atoms. The SMILES string of the molecule is NNc1ncc(Br)cc1C(=O)Nc1ccc2c(c1)CCC2. The third-order valence-electron chi connectivity index (χ3n) is 3.59. The van der Waals surface area contributed by atoms with E-state index in [0.717, 1.165) is 23.0 Å². The van der Waals surface area contributed by atoms with Gasteiger partial charge in [0, 0.05) is 16.4 Å². The monoisotopic (exact) mass is 346 g/mol. The fourth-order valence-corrected chi connectivity index (χ4v) is 2.91. The Hall–Kier alpha value is -1.92. The molecule has 0 atom stereocenters. The number of carbonyl (C=O) groups excluding carboxylic acids is 1. The van der Waals surface area contributed by atoms with Crippen molar-refractivity contribution in [3.05, 3.63) is 51.6 Å². The fourth-order valence-electron chi connectivity index (χ4n) is 2.58. The second-order valence-electron chi connectivity index (χ2n) is 4.99. The van der Waals surface area contributed by atoms with Gasteiger partial charge in [-0.1, -0.05) is 6.07 Å². The lowest BCUT2D eigenvalue weighted by Gasteiger charge is -2.10. The van der Waals surface area contributed by atoms with Crippen LogP contribution >= 0.6 is 15.9 Å². The van der Waals surface area contributed by atoms with Crippen molar-refractivity contribution < 1.29 is 4.79 Å². The number of halogens is 1. The second-order valence-corrected chi connectivity index (χ2v) is 5.90. The van der Waals surface area contributed by atoms with Crippen LogP contribution in [0.1, 0.15) is 27.9 Å². The smallest absolute Gasteiger partial charge is 0.259 e. The van der Waals surface area contributed by atoms with Crippen molar-refractivity contribution in [2.75, 3.05) is 10.7 Å². The van der Waals surface area contributed by atoms with Crippen LogP contribution in [-0.4, -0.2) is 10.9 Å². The minimum atomic E-state index is -0.241. The van der Waals surface area contributed by atoms with E-state index in [0.29, 0.717) is 11.4 Å². The van der Waals surface area contributed by atoms with Gasteiger partial charge < -0.3 is 10.7 Å². The standard InChI is InChI=1S/C15H15BrN4O/c16-11-7-13(14(20-17)18-8-11)15(21)19-12-5-4-9-2-1-3-10(9)6-12/h4-8H,1-3,17H2,(H,18,20)(H,19,21). The highest BCUT2D eigenvalue weighted by molar-refractivity contribution is 9.10. The molecule has 0 fully saturated rings. The third-order valence-corrected chi connectivity index (χ3v) is 4.03. The molecule has 1 aromatic heterocycles. The number of nitrogens with one attached hydrogen (secondary N) is 2. The van der Waals surface area contributed by atoms with Gasteiger partial charge in [-0.2, -0.15) is 0 Å². The summed E-state index contributed by atoms with van der Waals surface area (Å²) in [4.78, 5) is 16.5. The number of amides is 1. The van der Waals surface area contributed by atoms with Crippen molar-refractivity contribution in [2.24, 2.45) is 5.84 Å². The zero-order valence-electron chi connectivity index (χ0n) is 11.3. The number of rotatable bonds is 3. The summed E-state index contributed by atoms with van der Waals surface area (Å²) < 4.78 is 0.723. The number of benzene rings is 1.